The highest BCUT2D eigenvalue weighted by Gasteiger charge is 2.28. The van der Waals surface area contributed by atoms with Gasteiger partial charge in [0.2, 0.25) is 5.91 Å². The number of hydrogen-bond acceptors (Lipinski definition) is 4. The van der Waals surface area contributed by atoms with Gasteiger partial charge in [-0.15, -0.1) is 11.3 Å². The number of thiophene rings is 1. The quantitative estimate of drug-likeness (QED) is 0.677. The van der Waals surface area contributed by atoms with E-state index < -0.39 is 0 Å². The summed E-state index contributed by atoms with van der Waals surface area (Å²) in [4.78, 5) is 34.1. The van der Waals surface area contributed by atoms with Gasteiger partial charge in [-0.2, -0.15) is 0 Å². The van der Waals surface area contributed by atoms with Crippen LogP contribution in [0.3, 0.4) is 0 Å². The van der Waals surface area contributed by atoms with E-state index >= 15 is 0 Å². The fraction of sp³-hybridized carbons (Fsp3) is 0.409. The third-order valence-corrected chi connectivity index (χ3v) is 6.18. The Balaban J connectivity index is 1.64. The van der Waals surface area contributed by atoms with E-state index in [2.05, 4.69) is 25.8 Å². The van der Waals surface area contributed by atoms with Gasteiger partial charge in [-0.05, 0) is 23.0 Å². The second kappa shape index (κ2) is 7.17. The molecule has 0 spiro atoms. The van der Waals surface area contributed by atoms with Crippen molar-refractivity contribution in [2.45, 2.75) is 46.7 Å². The highest BCUT2D eigenvalue weighted by atomic mass is 32.1. The van der Waals surface area contributed by atoms with Crippen molar-refractivity contribution in [2.24, 2.45) is 5.41 Å². The monoisotopic (exact) mass is 395 g/mol. The molecule has 0 fully saturated rings. The summed E-state index contributed by atoms with van der Waals surface area (Å²) in [5.41, 5.74) is 2.15. The second-order valence-electron chi connectivity index (χ2n) is 8.65. The first-order chi connectivity index (χ1) is 13.3. The van der Waals surface area contributed by atoms with Crippen LogP contribution < -0.4 is 5.56 Å². The summed E-state index contributed by atoms with van der Waals surface area (Å²) < 4.78 is 1.68. The standard InChI is InChI=1S/C22H25N3O2S/c1-22(2,3)11-18(26)24-10-9-16-17(13-24)28-20-19(16)21(27)25(14-23-20)12-15-7-5-4-6-8-15/h4-8,14H,9-13H2,1-3H3. The van der Waals surface area contributed by atoms with E-state index in [1.165, 1.54) is 0 Å². The van der Waals surface area contributed by atoms with Crippen LogP contribution in [0.1, 0.15) is 43.2 Å². The first kappa shape index (κ1) is 18.9. The van der Waals surface area contributed by atoms with Crippen molar-refractivity contribution >= 4 is 27.5 Å². The van der Waals surface area contributed by atoms with E-state index in [9.17, 15) is 9.59 Å². The molecular formula is C22H25N3O2S. The number of carbonyl (C=O) groups excluding carboxylic acids is 1. The highest BCUT2D eigenvalue weighted by Crippen LogP contribution is 2.33. The number of aromatic nitrogens is 2. The topological polar surface area (TPSA) is 55.2 Å². The number of benzene rings is 1. The Bertz CT molecular complexity index is 1080. The fourth-order valence-electron chi connectivity index (χ4n) is 3.69. The second-order valence-corrected chi connectivity index (χ2v) is 9.73. The van der Waals surface area contributed by atoms with Gasteiger partial charge in [0.05, 0.1) is 24.8 Å². The van der Waals surface area contributed by atoms with Crippen LogP contribution in [0.15, 0.2) is 41.5 Å². The maximum atomic E-state index is 13.1. The zero-order valence-electron chi connectivity index (χ0n) is 16.6. The molecule has 0 saturated carbocycles. The van der Waals surface area contributed by atoms with Crippen molar-refractivity contribution in [3.63, 3.8) is 0 Å². The van der Waals surface area contributed by atoms with Crippen LogP contribution in [0, 0.1) is 5.41 Å². The molecule has 2 aromatic heterocycles. The van der Waals surface area contributed by atoms with Gasteiger partial charge in [0, 0.05) is 17.8 Å². The highest BCUT2D eigenvalue weighted by molar-refractivity contribution is 7.18. The molecule has 4 rings (SSSR count). The third kappa shape index (κ3) is 3.74. The van der Waals surface area contributed by atoms with Gasteiger partial charge >= 0.3 is 0 Å². The number of fused-ring (bicyclic) bond motifs is 3. The van der Waals surface area contributed by atoms with Crippen molar-refractivity contribution in [3.05, 3.63) is 63.0 Å². The van der Waals surface area contributed by atoms with Crippen LogP contribution in [0.5, 0.6) is 0 Å². The molecule has 28 heavy (non-hydrogen) atoms. The van der Waals surface area contributed by atoms with Crippen molar-refractivity contribution < 1.29 is 4.79 Å². The minimum absolute atomic E-state index is 0.0146. The smallest absolute Gasteiger partial charge is 0.262 e. The van der Waals surface area contributed by atoms with Gasteiger partial charge < -0.3 is 4.90 Å². The van der Waals surface area contributed by atoms with Gasteiger partial charge in [-0.3, -0.25) is 14.2 Å². The van der Waals surface area contributed by atoms with E-state index in [0.717, 1.165) is 32.6 Å². The molecule has 0 atom stereocenters. The normalized spacial score (nSPS) is 14.3. The van der Waals surface area contributed by atoms with Crippen LogP contribution >= 0.6 is 11.3 Å². The Morgan fingerprint density at radius 3 is 2.68 bits per heavy atom. The molecule has 5 nitrogen and oxygen atoms in total. The summed E-state index contributed by atoms with van der Waals surface area (Å²) in [5, 5.41) is 0.737. The average Bonchev–Trinajstić information content (AvgIpc) is 3.02. The lowest BCUT2D eigenvalue weighted by molar-refractivity contribution is -0.133. The Hall–Kier alpha value is -2.47. The molecule has 1 aliphatic rings. The van der Waals surface area contributed by atoms with Gasteiger partial charge in [-0.25, -0.2) is 4.98 Å². The number of rotatable bonds is 3. The zero-order chi connectivity index (χ0) is 19.9. The summed E-state index contributed by atoms with van der Waals surface area (Å²) in [7, 11) is 0. The van der Waals surface area contributed by atoms with Crippen molar-refractivity contribution in [2.75, 3.05) is 6.54 Å². The molecule has 146 valence electrons. The molecular weight excluding hydrogens is 370 g/mol. The molecule has 1 aliphatic heterocycles. The summed E-state index contributed by atoms with van der Waals surface area (Å²) in [5.74, 6) is 0.185. The number of hydrogen-bond donors (Lipinski definition) is 0. The van der Waals surface area contributed by atoms with Gasteiger partial charge in [0.15, 0.2) is 0 Å². The van der Waals surface area contributed by atoms with Crippen LogP contribution in [0.2, 0.25) is 0 Å². The Labute approximate surface area is 168 Å². The van der Waals surface area contributed by atoms with E-state index in [-0.39, 0.29) is 16.9 Å². The lowest BCUT2D eigenvalue weighted by Gasteiger charge is -2.29. The first-order valence-electron chi connectivity index (χ1n) is 9.63. The molecule has 0 N–H and O–H groups in total. The van der Waals surface area contributed by atoms with E-state index in [1.54, 1.807) is 22.2 Å². The summed E-state index contributed by atoms with van der Waals surface area (Å²) in [6.45, 7) is 8.02. The van der Waals surface area contributed by atoms with Crippen molar-refractivity contribution in [1.29, 1.82) is 0 Å². The lowest BCUT2D eigenvalue weighted by Crippen LogP contribution is -2.37. The molecule has 1 amide bonds. The van der Waals surface area contributed by atoms with E-state index in [4.69, 9.17) is 0 Å². The molecule has 0 unspecified atom stereocenters. The molecule has 0 saturated heterocycles. The van der Waals surface area contributed by atoms with Crippen LogP contribution in [-0.2, 0) is 24.3 Å². The molecule has 1 aromatic carbocycles. The number of carbonyl (C=O) groups is 1. The largest absolute Gasteiger partial charge is 0.337 e. The summed E-state index contributed by atoms with van der Waals surface area (Å²) >= 11 is 1.55. The lowest BCUT2D eigenvalue weighted by atomic mass is 9.91. The van der Waals surface area contributed by atoms with Crippen LogP contribution in [0.4, 0.5) is 0 Å². The number of amides is 1. The van der Waals surface area contributed by atoms with Gasteiger partial charge in [0.25, 0.3) is 5.56 Å². The first-order valence-corrected chi connectivity index (χ1v) is 10.4. The SMILES string of the molecule is CC(C)(C)CC(=O)N1CCc2c(sc3ncn(Cc4ccccc4)c(=O)c23)C1. The fourth-order valence-corrected chi connectivity index (χ4v) is 4.88. The van der Waals surface area contributed by atoms with E-state index in [1.807, 2.05) is 35.2 Å². The number of nitrogens with zero attached hydrogens (tertiary/aromatic N) is 3. The average molecular weight is 396 g/mol. The van der Waals surface area contributed by atoms with Gasteiger partial charge in [0.1, 0.15) is 4.83 Å². The Morgan fingerprint density at radius 1 is 1.21 bits per heavy atom. The third-order valence-electron chi connectivity index (χ3n) is 5.06. The zero-order valence-corrected chi connectivity index (χ0v) is 17.4. The molecule has 0 bridgehead atoms. The minimum atomic E-state index is -0.0236. The molecule has 0 radical (unpaired) electrons. The van der Waals surface area contributed by atoms with Crippen LogP contribution in [-0.4, -0.2) is 26.9 Å². The molecule has 6 heteroatoms. The van der Waals surface area contributed by atoms with Crippen molar-refractivity contribution in [3.8, 4) is 0 Å². The molecule has 3 aromatic rings. The molecule has 0 aliphatic carbocycles. The van der Waals surface area contributed by atoms with Gasteiger partial charge in [-0.1, -0.05) is 51.1 Å². The van der Waals surface area contributed by atoms with E-state index in [0.29, 0.717) is 26.1 Å². The maximum Gasteiger partial charge on any atom is 0.262 e. The molecule has 3 heterocycles. The summed E-state index contributed by atoms with van der Waals surface area (Å²) in [6, 6.07) is 9.94. The maximum absolute atomic E-state index is 13.1. The predicted molar refractivity (Wildman–Crippen MR) is 113 cm³/mol. The minimum Gasteiger partial charge on any atom is -0.337 e. The predicted octanol–water partition coefficient (Wildman–Crippen LogP) is 3.83. The summed E-state index contributed by atoms with van der Waals surface area (Å²) in [6.07, 6.45) is 2.90. The van der Waals surface area contributed by atoms with Crippen molar-refractivity contribution in [1.82, 2.24) is 14.5 Å². The van der Waals surface area contributed by atoms with Crippen LogP contribution in [0.25, 0.3) is 10.2 Å². The Kier molecular flexibility index (Phi) is 4.83. The Morgan fingerprint density at radius 2 is 1.96 bits per heavy atom.